The molecule has 3 N–H and O–H groups in total. The van der Waals surface area contributed by atoms with Gasteiger partial charge in [0.2, 0.25) is 0 Å². The van der Waals surface area contributed by atoms with Gasteiger partial charge in [-0.05, 0) is 46.3 Å². The molecule has 0 amide bonds. The zero-order valence-corrected chi connectivity index (χ0v) is 9.71. The lowest BCUT2D eigenvalue weighted by molar-refractivity contribution is 0.239. The molecule has 14 heavy (non-hydrogen) atoms. The molecule has 0 aromatic heterocycles. The van der Waals surface area contributed by atoms with E-state index >= 15 is 0 Å². The second-order valence-electron chi connectivity index (χ2n) is 4.04. The van der Waals surface area contributed by atoms with Crippen LogP contribution in [0.1, 0.15) is 39.0 Å². The van der Waals surface area contributed by atoms with Crippen molar-refractivity contribution in [3.8, 4) is 0 Å². The largest absolute Gasteiger partial charge is 0.396 e. The van der Waals surface area contributed by atoms with Crippen molar-refractivity contribution < 1.29 is 5.11 Å². The van der Waals surface area contributed by atoms with Gasteiger partial charge in [-0.3, -0.25) is 0 Å². The van der Waals surface area contributed by atoms with Crippen molar-refractivity contribution in [2.75, 3.05) is 26.7 Å². The molecule has 0 aliphatic carbocycles. The molecule has 0 saturated heterocycles. The van der Waals surface area contributed by atoms with Crippen molar-refractivity contribution in [1.82, 2.24) is 4.90 Å². The fourth-order valence-electron chi connectivity index (χ4n) is 1.51. The Morgan fingerprint density at radius 3 is 2.43 bits per heavy atom. The molecule has 0 aromatic carbocycles. The minimum Gasteiger partial charge on any atom is -0.396 e. The van der Waals surface area contributed by atoms with Crippen LogP contribution in [0.3, 0.4) is 0 Å². The van der Waals surface area contributed by atoms with Crippen LogP contribution in [0.2, 0.25) is 0 Å². The highest BCUT2D eigenvalue weighted by Gasteiger charge is 2.06. The molecule has 0 saturated carbocycles. The van der Waals surface area contributed by atoms with Gasteiger partial charge < -0.3 is 15.7 Å². The van der Waals surface area contributed by atoms with Crippen molar-refractivity contribution in [3.63, 3.8) is 0 Å². The SMILES string of the molecule is CC(CCN)N(C)CCCCCCO. The van der Waals surface area contributed by atoms with Gasteiger partial charge in [0, 0.05) is 12.6 Å². The van der Waals surface area contributed by atoms with E-state index in [1.54, 1.807) is 0 Å². The lowest BCUT2D eigenvalue weighted by Gasteiger charge is -2.24. The summed E-state index contributed by atoms with van der Waals surface area (Å²) < 4.78 is 0. The fraction of sp³-hybridized carbons (Fsp3) is 1.00. The van der Waals surface area contributed by atoms with E-state index in [1.165, 1.54) is 12.8 Å². The number of rotatable bonds is 9. The van der Waals surface area contributed by atoms with Crippen LogP contribution >= 0.6 is 0 Å². The molecule has 1 unspecified atom stereocenters. The number of nitrogens with two attached hydrogens (primary N) is 1. The molecule has 1 atom stereocenters. The van der Waals surface area contributed by atoms with E-state index in [9.17, 15) is 0 Å². The van der Waals surface area contributed by atoms with Gasteiger partial charge >= 0.3 is 0 Å². The summed E-state index contributed by atoms with van der Waals surface area (Å²) >= 11 is 0. The number of nitrogens with zero attached hydrogens (tertiary/aromatic N) is 1. The smallest absolute Gasteiger partial charge is 0.0431 e. The van der Waals surface area contributed by atoms with Crippen molar-refractivity contribution in [3.05, 3.63) is 0 Å². The van der Waals surface area contributed by atoms with Crippen LogP contribution in [0.25, 0.3) is 0 Å². The summed E-state index contributed by atoms with van der Waals surface area (Å²) in [5.74, 6) is 0. The molecule has 3 heteroatoms. The molecular formula is C11H26N2O. The molecule has 0 rings (SSSR count). The van der Waals surface area contributed by atoms with Crippen LogP contribution in [-0.4, -0.2) is 42.8 Å². The highest BCUT2D eigenvalue weighted by atomic mass is 16.2. The van der Waals surface area contributed by atoms with Gasteiger partial charge in [-0.1, -0.05) is 12.8 Å². The first-order valence-corrected chi connectivity index (χ1v) is 5.73. The molecule has 0 aliphatic rings. The average molecular weight is 202 g/mol. The third-order valence-electron chi connectivity index (χ3n) is 2.76. The first-order valence-electron chi connectivity index (χ1n) is 5.73. The highest BCUT2D eigenvalue weighted by Crippen LogP contribution is 2.04. The van der Waals surface area contributed by atoms with Gasteiger partial charge in [0.1, 0.15) is 0 Å². The van der Waals surface area contributed by atoms with E-state index in [1.807, 2.05) is 0 Å². The summed E-state index contributed by atoms with van der Waals surface area (Å²) in [5, 5.41) is 8.61. The van der Waals surface area contributed by atoms with Gasteiger partial charge in [0.25, 0.3) is 0 Å². The fourth-order valence-corrected chi connectivity index (χ4v) is 1.51. The number of hydrogen-bond acceptors (Lipinski definition) is 3. The van der Waals surface area contributed by atoms with Gasteiger partial charge in [-0.2, -0.15) is 0 Å². The maximum atomic E-state index is 8.61. The first-order chi connectivity index (χ1) is 6.72. The average Bonchev–Trinajstić information content (AvgIpc) is 2.17. The van der Waals surface area contributed by atoms with Crippen molar-refractivity contribution in [2.45, 2.75) is 45.1 Å². The molecule has 0 radical (unpaired) electrons. The maximum Gasteiger partial charge on any atom is 0.0431 e. The third-order valence-corrected chi connectivity index (χ3v) is 2.76. The first kappa shape index (κ1) is 13.9. The van der Waals surface area contributed by atoms with E-state index < -0.39 is 0 Å². The van der Waals surface area contributed by atoms with E-state index in [0.29, 0.717) is 12.6 Å². The molecule has 0 aromatic rings. The molecule has 0 heterocycles. The molecular weight excluding hydrogens is 176 g/mol. The molecule has 0 fully saturated rings. The third kappa shape index (κ3) is 7.30. The maximum absolute atomic E-state index is 8.61. The number of hydrogen-bond donors (Lipinski definition) is 2. The van der Waals surface area contributed by atoms with Crippen molar-refractivity contribution in [2.24, 2.45) is 5.73 Å². The van der Waals surface area contributed by atoms with Crippen LogP contribution in [0.15, 0.2) is 0 Å². The number of aliphatic hydroxyl groups excluding tert-OH is 1. The van der Waals surface area contributed by atoms with Gasteiger partial charge in [0.15, 0.2) is 0 Å². The second kappa shape index (κ2) is 9.44. The number of aliphatic hydroxyl groups is 1. The summed E-state index contributed by atoms with van der Waals surface area (Å²) in [6, 6.07) is 0.595. The normalized spacial score (nSPS) is 13.5. The molecule has 3 nitrogen and oxygen atoms in total. The van der Waals surface area contributed by atoms with Gasteiger partial charge in [-0.25, -0.2) is 0 Å². The summed E-state index contributed by atoms with van der Waals surface area (Å²) in [7, 11) is 2.16. The van der Waals surface area contributed by atoms with E-state index in [2.05, 4.69) is 18.9 Å². The Labute approximate surface area is 88.3 Å². The molecule has 0 aliphatic heterocycles. The lowest BCUT2D eigenvalue weighted by atomic mass is 10.1. The minimum absolute atomic E-state index is 0.333. The summed E-state index contributed by atoms with van der Waals surface area (Å²) in [5.41, 5.74) is 5.51. The van der Waals surface area contributed by atoms with Gasteiger partial charge in [-0.15, -0.1) is 0 Å². The Bertz CT molecular complexity index is 120. The van der Waals surface area contributed by atoms with E-state index in [-0.39, 0.29) is 0 Å². The van der Waals surface area contributed by atoms with Crippen molar-refractivity contribution >= 4 is 0 Å². The zero-order chi connectivity index (χ0) is 10.8. The zero-order valence-electron chi connectivity index (χ0n) is 9.71. The topological polar surface area (TPSA) is 49.5 Å². The Balaban J connectivity index is 3.29. The second-order valence-corrected chi connectivity index (χ2v) is 4.04. The molecule has 0 spiro atoms. The summed E-state index contributed by atoms with van der Waals surface area (Å²) in [6.07, 6.45) is 5.62. The number of unbranched alkanes of at least 4 members (excludes halogenated alkanes) is 3. The Morgan fingerprint density at radius 1 is 1.21 bits per heavy atom. The Kier molecular flexibility index (Phi) is 9.35. The molecule has 0 bridgehead atoms. The van der Waals surface area contributed by atoms with Crippen LogP contribution in [0, 0.1) is 0 Å². The Morgan fingerprint density at radius 2 is 1.86 bits per heavy atom. The van der Waals surface area contributed by atoms with Crippen LogP contribution < -0.4 is 5.73 Å². The lowest BCUT2D eigenvalue weighted by Crippen LogP contribution is -2.31. The minimum atomic E-state index is 0.333. The van der Waals surface area contributed by atoms with Crippen LogP contribution in [-0.2, 0) is 0 Å². The quantitative estimate of drug-likeness (QED) is 0.553. The van der Waals surface area contributed by atoms with E-state index in [0.717, 1.165) is 32.4 Å². The molecule has 86 valence electrons. The van der Waals surface area contributed by atoms with Crippen molar-refractivity contribution in [1.29, 1.82) is 0 Å². The monoisotopic (exact) mass is 202 g/mol. The van der Waals surface area contributed by atoms with Crippen LogP contribution in [0.5, 0.6) is 0 Å². The predicted octanol–water partition coefficient (Wildman–Crippen LogP) is 1.21. The van der Waals surface area contributed by atoms with E-state index in [4.69, 9.17) is 10.8 Å². The Hall–Kier alpha value is -0.120. The van der Waals surface area contributed by atoms with Gasteiger partial charge in [0.05, 0.1) is 0 Å². The summed E-state index contributed by atoms with van der Waals surface area (Å²) in [6.45, 7) is 4.47. The standard InChI is InChI=1S/C11H26N2O/c1-11(7-8-12)13(2)9-5-3-4-6-10-14/h11,14H,3-10,12H2,1-2H3. The highest BCUT2D eigenvalue weighted by molar-refractivity contribution is 4.63. The van der Waals surface area contributed by atoms with Crippen LogP contribution in [0.4, 0.5) is 0 Å². The predicted molar refractivity (Wildman–Crippen MR) is 61.3 cm³/mol. The summed E-state index contributed by atoms with van der Waals surface area (Å²) in [4.78, 5) is 2.37.